The number of benzene rings is 1. The van der Waals surface area contributed by atoms with Crippen LogP contribution in [0.3, 0.4) is 0 Å². The summed E-state index contributed by atoms with van der Waals surface area (Å²) in [5.74, 6) is 0. The molecule has 1 spiro atoms. The Morgan fingerprint density at radius 3 is 2.63 bits per heavy atom. The first kappa shape index (κ1) is 19.6. The minimum absolute atomic E-state index is 0.193. The molecule has 0 amide bonds. The monoisotopic (exact) mass is 373 g/mol. The third-order valence-electron chi connectivity index (χ3n) is 5.92. The van der Waals surface area contributed by atoms with Crippen molar-refractivity contribution in [1.82, 2.24) is 5.32 Å². The van der Waals surface area contributed by atoms with E-state index in [9.17, 15) is 9.59 Å². The fraction of sp³-hybridized carbons (Fsp3) is 0.524. The van der Waals surface area contributed by atoms with E-state index in [0.29, 0.717) is 12.8 Å². The van der Waals surface area contributed by atoms with Gasteiger partial charge in [0.2, 0.25) is 0 Å². The van der Waals surface area contributed by atoms with Gasteiger partial charge in [-0.25, -0.2) is 4.79 Å². The fourth-order valence-electron chi connectivity index (χ4n) is 4.51. The molecule has 1 unspecified atom stereocenters. The normalized spacial score (nSPS) is 26.3. The van der Waals surface area contributed by atoms with Crippen LogP contribution in [-0.2, 0) is 14.3 Å². The van der Waals surface area contributed by atoms with Crippen molar-refractivity contribution in [2.24, 2.45) is 0 Å². The van der Waals surface area contributed by atoms with E-state index >= 15 is 0 Å². The number of ether oxygens (including phenoxy) is 2. The lowest BCUT2D eigenvalue weighted by Gasteiger charge is -2.40. The van der Waals surface area contributed by atoms with Crippen LogP contribution < -0.4 is 5.32 Å². The number of rotatable bonds is 5. The Morgan fingerprint density at radius 2 is 2.04 bits per heavy atom. The Bertz CT molecular complexity index is 762. The summed E-state index contributed by atoms with van der Waals surface area (Å²) in [7, 11) is 1.71. The van der Waals surface area contributed by atoms with Gasteiger partial charge in [-0.2, -0.15) is 0 Å². The molecule has 3 rings (SSSR count). The summed E-state index contributed by atoms with van der Waals surface area (Å²) in [5.41, 5.74) is 4.57. The summed E-state index contributed by atoms with van der Waals surface area (Å²) in [6.45, 7) is 4.64. The van der Waals surface area contributed by atoms with Gasteiger partial charge >= 0.3 is 6.16 Å². The third-order valence-corrected chi connectivity index (χ3v) is 5.92. The lowest BCUT2D eigenvalue weighted by Crippen LogP contribution is -2.50. The highest BCUT2D eigenvalue weighted by molar-refractivity contribution is 5.83. The maximum absolute atomic E-state index is 11.8. The number of carboxylic acid groups (broad SMARTS) is 1. The molecule has 2 N–H and O–H groups in total. The largest absolute Gasteiger partial charge is 0.506 e. The average molecular weight is 373 g/mol. The molecule has 0 saturated heterocycles. The van der Waals surface area contributed by atoms with Gasteiger partial charge in [-0.15, -0.1) is 0 Å². The minimum atomic E-state index is -1.44. The number of nitrogens with one attached hydrogen (secondary N) is 1. The molecular weight excluding hydrogens is 346 g/mol. The van der Waals surface area contributed by atoms with E-state index in [-0.39, 0.29) is 6.10 Å². The summed E-state index contributed by atoms with van der Waals surface area (Å²) < 4.78 is 10.5. The predicted octanol–water partition coefficient (Wildman–Crippen LogP) is 3.25. The zero-order chi connectivity index (χ0) is 19.6. The van der Waals surface area contributed by atoms with E-state index in [1.165, 1.54) is 0 Å². The Hall–Kier alpha value is -2.18. The Balaban J connectivity index is 2.11. The minimum Gasteiger partial charge on any atom is -0.450 e. The molecule has 1 aliphatic carbocycles. The maximum atomic E-state index is 11.8. The van der Waals surface area contributed by atoms with Gasteiger partial charge < -0.3 is 19.9 Å². The van der Waals surface area contributed by atoms with Crippen LogP contribution >= 0.6 is 0 Å². The lowest BCUT2D eigenvalue weighted by atomic mass is 9.73. The smallest absolute Gasteiger partial charge is 0.450 e. The zero-order valence-electron chi connectivity index (χ0n) is 16.1. The summed E-state index contributed by atoms with van der Waals surface area (Å²) in [6.07, 6.45) is 1.52. The van der Waals surface area contributed by atoms with E-state index in [0.717, 1.165) is 53.5 Å². The molecule has 1 heterocycles. The molecule has 0 radical (unpaired) electrons. The summed E-state index contributed by atoms with van der Waals surface area (Å²) in [4.78, 5) is 23.0. The summed E-state index contributed by atoms with van der Waals surface area (Å²) in [5, 5.41) is 12.7. The van der Waals surface area contributed by atoms with Crippen molar-refractivity contribution in [2.45, 2.75) is 57.3 Å². The van der Waals surface area contributed by atoms with Crippen LogP contribution in [0.1, 0.15) is 42.4 Å². The second kappa shape index (κ2) is 7.82. The molecule has 1 saturated carbocycles. The molecular formula is C21H27NO5. The van der Waals surface area contributed by atoms with Gasteiger partial charge in [0.05, 0.1) is 6.10 Å². The van der Waals surface area contributed by atoms with Crippen LogP contribution in [0.5, 0.6) is 0 Å². The van der Waals surface area contributed by atoms with Crippen molar-refractivity contribution in [3.05, 3.63) is 40.5 Å². The molecule has 6 heteroatoms. The van der Waals surface area contributed by atoms with Crippen molar-refractivity contribution in [1.29, 1.82) is 0 Å². The predicted molar refractivity (Wildman–Crippen MR) is 102 cm³/mol. The van der Waals surface area contributed by atoms with E-state index in [1.807, 2.05) is 19.9 Å². The van der Waals surface area contributed by atoms with Crippen molar-refractivity contribution < 1.29 is 24.2 Å². The average Bonchev–Trinajstić information content (AvgIpc) is 3.00. The number of hydrogen-bond donors (Lipinski definition) is 2. The molecule has 1 aromatic carbocycles. The summed E-state index contributed by atoms with van der Waals surface area (Å²) in [6, 6.07) is 6.19. The van der Waals surface area contributed by atoms with Gasteiger partial charge in [0.1, 0.15) is 0 Å². The van der Waals surface area contributed by atoms with Crippen molar-refractivity contribution in [2.75, 3.05) is 13.7 Å². The SMILES string of the molecule is COC1CCC2(CC1)NCC(c1cc(C)ccc1C)=C2C(C=O)OC(=O)O. The molecule has 0 bridgehead atoms. The van der Waals surface area contributed by atoms with Crippen LogP contribution in [0.2, 0.25) is 0 Å². The van der Waals surface area contributed by atoms with Crippen molar-refractivity contribution in [3.8, 4) is 0 Å². The van der Waals surface area contributed by atoms with Gasteiger partial charge in [0.25, 0.3) is 0 Å². The van der Waals surface area contributed by atoms with Crippen molar-refractivity contribution in [3.63, 3.8) is 0 Å². The first-order valence-electron chi connectivity index (χ1n) is 9.34. The molecule has 1 fully saturated rings. The molecule has 0 aromatic heterocycles. The Labute approximate surface area is 159 Å². The fourth-order valence-corrected chi connectivity index (χ4v) is 4.51. The molecule has 6 nitrogen and oxygen atoms in total. The third kappa shape index (κ3) is 3.77. The van der Waals surface area contributed by atoms with Crippen LogP contribution in [0, 0.1) is 13.8 Å². The van der Waals surface area contributed by atoms with Crippen LogP contribution in [0.25, 0.3) is 5.57 Å². The molecule has 1 aromatic rings. The quantitative estimate of drug-likeness (QED) is 0.609. The second-order valence-corrected chi connectivity index (χ2v) is 7.52. The number of hydrogen-bond acceptors (Lipinski definition) is 5. The molecule has 27 heavy (non-hydrogen) atoms. The highest BCUT2D eigenvalue weighted by Crippen LogP contribution is 2.45. The Kier molecular flexibility index (Phi) is 5.67. The maximum Gasteiger partial charge on any atom is 0.506 e. The van der Waals surface area contributed by atoms with E-state index < -0.39 is 17.8 Å². The lowest BCUT2D eigenvalue weighted by molar-refractivity contribution is -0.114. The van der Waals surface area contributed by atoms with Gasteiger partial charge in [-0.05, 0) is 56.2 Å². The van der Waals surface area contributed by atoms with E-state index in [2.05, 4.69) is 17.4 Å². The van der Waals surface area contributed by atoms with E-state index in [1.54, 1.807) is 7.11 Å². The molecule has 1 atom stereocenters. The molecule has 2 aliphatic rings. The number of aldehydes is 1. The zero-order valence-corrected chi connectivity index (χ0v) is 16.1. The van der Waals surface area contributed by atoms with Crippen LogP contribution in [0.4, 0.5) is 4.79 Å². The van der Waals surface area contributed by atoms with Gasteiger partial charge in [-0.1, -0.05) is 23.8 Å². The first-order valence-corrected chi connectivity index (χ1v) is 9.34. The van der Waals surface area contributed by atoms with Crippen LogP contribution in [-0.4, -0.2) is 48.9 Å². The number of carbonyl (C=O) groups is 2. The van der Waals surface area contributed by atoms with Crippen molar-refractivity contribution >= 4 is 18.0 Å². The highest BCUT2D eigenvalue weighted by atomic mass is 16.7. The first-order chi connectivity index (χ1) is 12.9. The second-order valence-electron chi connectivity index (χ2n) is 7.52. The number of methoxy groups -OCH3 is 1. The standard InChI is InChI=1S/C21H27NO5/c1-13-4-5-14(2)16(10-13)17-11-22-21(8-6-15(26-3)7-9-21)19(17)18(12-23)27-20(24)25/h4-5,10,12,15,18,22H,6-9,11H2,1-3H3,(H,24,25). The summed E-state index contributed by atoms with van der Waals surface area (Å²) >= 11 is 0. The highest BCUT2D eigenvalue weighted by Gasteiger charge is 2.47. The Morgan fingerprint density at radius 1 is 1.33 bits per heavy atom. The number of carbonyl (C=O) groups excluding carboxylic acids is 1. The van der Waals surface area contributed by atoms with E-state index in [4.69, 9.17) is 14.6 Å². The van der Waals surface area contributed by atoms with Gasteiger partial charge in [0.15, 0.2) is 12.4 Å². The molecule has 1 aliphatic heterocycles. The number of aryl methyl sites for hydroxylation is 2. The molecule has 146 valence electrons. The van der Waals surface area contributed by atoms with Gasteiger partial charge in [-0.3, -0.25) is 4.79 Å². The van der Waals surface area contributed by atoms with Crippen LogP contribution in [0.15, 0.2) is 23.8 Å². The van der Waals surface area contributed by atoms with Gasteiger partial charge in [0, 0.05) is 24.8 Å². The topological polar surface area (TPSA) is 84.9 Å².